The molecule has 2 heterocycles. The second kappa shape index (κ2) is 7.34. The van der Waals surface area contributed by atoms with Gasteiger partial charge in [-0.3, -0.25) is 4.98 Å². The Morgan fingerprint density at radius 1 is 1.24 bits per heavy atom. The van der Waals surface area contributed by atoms with Crippen LogP contribution in [0.2, 0.25) is 0 Å². The number of rotatable bonds is 2. The smallest absolute Gasteiger partial charge is 0.350 e. The maximum absolute atomic E-state index is 13.8. The molecule has 0 saturated carbocycles. The fourth-order valence-electron chi connectivity index (χ4n) is 2.95. The van der Waals surface area contributed by atoms with Crippen molar-refractivity contribution in [1.29, 1.82) is 0 Å². The molecule has 2 bridgehead atoms. The molecule has 0 aliphatic carbocycles. The minimum absolute atomic E-state index is 0.0327. The van der Waals surface area contributed by atoms with Crippen LogP contribution < -0.4 is 0 Å². The molecule has 1 atom stereocenters. The number of carbonyl (C=O) groups excluding carboxylic acids is 1. The number of halogens is 1. The van der Waals surface area contributed by atoms with Gasteiger partial charge in [-0.1, -0.05) is 6.42 Å². The van der Waals surface area contributed by atoms with E-state index in [0.717, 1.165) is 6.29 Å². The summed E-state index contributed by atoms with van der Waals surface area (Å²) >= 11 is 0. The van der Waals surface area contributed by atoms with Crippen LogP contribution in [0.4, 0.5) is 10.1 Å². The SMILES string of the molecule is O=CC1CCCC/C(C(=O)O)=N/c2ccc(F)cc2-c2ccnc1c2. The molecule has 1 aromatic heterocycles. The zero-order valence-corrected chi connectivity index (χ0v) is 13.5. The summed E-state index contributed by atoms with van der Waals surface area (Å²) in [7, 11) is 0. The van der Waals surface area contributed by atoms with Gasteiger partial charge in [-0.05, 0) is 55.2 Å². The van der Waals surface area contributed by atoms with Crippen LogP contribution in [0, 0.1) is 5.82 Å². The first-order chi connectivity index (χ1) is 12.1. The first-order valence-corrected chi connectivity index (χ1v) is 8.10. The summed E-state index contributed by atoms with van der Waals surface area (Å²) < 4.78 is 13.8. The molecule has 2 aromatic rings. The van der Waals surface area contributed by atoms with Crippen LogP contribution >= 0.6 is 0 Å². The van der Waals surface area contributed by atoms with E-state index in [1.807, 2.05) is 0 Å². The van der Waals surface area contributed by atoms with E-state index in [4.69, 9.17) is 0 Å². The number of benzene rings is 1. The topological polar surface area (TPSA) is 79.6 Å². The summed E-state index contributed by atoms with van der Waals surface area (Å²) in [5.41, 5.74) is 2.18. The van der Waals surface area contributed by atoms with Crippen molar-refractivity contribution in [3.63, 3.8) is 0 Å². The Labute approximate surface area is 144 Å². The average Bonchev–Trinajstić information content (AvgIpc) is 2.61. The van der Waals surface area contributed by atoms with E-state index in [-0.39, 0.29) is 11.6 Å². The maximum atomic E-state index is 13.8. The molecule has 0 amide bonds. The predicted molar refractivity (Wildman–Crippen MR) is 91.6 cm³/mol. The number of aliphatic carboxylic acids is 1. The Balaban J connectivity index is 2.21. The Hall–Kier alpha value is -2.89. The molecule has 1 N–H and O–H groups in total. The highest BCUT2D eigenvalue weighted by atomic mass is 19.1. The van der Waals surface area contributed by atoms with E-state index in [9.17, 15) is 19.1 Å². The Morgan fingerprint density at radius 3 is 2.84 bits per heavy atom. The van der Waals surface area contributed by atoms with E-state index in [1.54, 1.807) is 18.3 Å². The van der Waals surface area contributed by atoms with Crippen LogP contribution in [0.5, 0.6) is 0 Å². The van der Waals surface area contributed by atoms with Gasteiger partial charge in [0.05, 0.1) is 17.3 Å². The lowest BCUT2D eigenvalue weighted by Gasteiger charge is -2.14. The van der Waals surface area contributed by atoms with Gasteiger partial charge in [-0.15, -0.1) is 0 Å². The van der Waals surface area contributed by atoms with Gasteiger partial charge in [0, 0.05) is 11.8 Å². The summed E-state index contributed by atoms with van der Waals surface area (Å²) in [6.07, 6.45) is 4.60. The lowest BCUT2D eigenvalue weighted by molar-refractivity contribution is -0.129. The molecule has 3 rings (SSSR count). The van der Waals surface area contributed by atoms with E-state index >= 15 is 0 Å². The lowest BCUT2D eigenvalue weighted by atomic mass is 9.94. The Kier molecular flexibility index (Phi) is 4.97. The van der Waals surface area contributed by atoms with E-state index in [2.05, 4.69) is 9.98 Å². The lowest BCUT2D eigenvalue weighted by Crippen LogP contribution is -2.13. The molecule has 6 heteroatoms. The second-order valence-electron chi connectivity index (χ2n) is 5.98. The zero-order chi connectivity index (χ0) is 17.8. The number of aliphatic imine (C=N–C) groups is 1. The summed E-state index contributed by atoms with van der Waals surface area (Å²) in [5.74, 6) is -1.89. The highest BCUT2D eigenvalue weighted by Crippen LogP contribution is 2.33. The molecule has 1 aliphatic heterocycles. The van der Waals surface area contributed by atoms with Gasteiger partial charge >= 0.3 is 5.97 Å². The minimum Gasteiger partial charge on any atom is -0.477 e. The normalized spacial score (nSPS) is 19.6. The van der Waals surface area contributed by atoms with Crippen molar-refractivity contribution in [2.24, 2.45) is 4.99 Å². The Bertz CT molecular complexity index is 848. The Morgan fingerprint density at radius 2 is 2.08 bits per heavy atom. The highest BCUT2D eigenvalue weighted by Gasteiger charge is 2.18. The fourth-order valence-corrected chi connectivity index (χ4v) is 2.95. The number of aldehydes is 1. The standard InChI is InChI=1S/C19H17FN2O3/c20-14-5-6-16-15(10-14)12-7-8-21-18(9-12)13(11-23)3-1-2-4-17(22-16)19(24)25/h5-11,13H,1-4H2,(H,24,25)/b22-17-. The second-order valence-corrected chi connectivity index (χ2v) is 5.98. The van der Waals surface area contributed by atoms with Gasteiger partial charge in [0.1, 0.15) is 17.8 Å². The number of nitrogens with zero attached hydrogens (tertiary/aromatic N) is 2. The molecule has 0 radical (unpaired) electrons. The van der Waals surface area contributed by atoms with Crippen molar-refractivity contribution in [2.75, 3.05) is 0 Å². The number of carboxylic acid groups (broad SMARTS) is 1. The largest absolute Gasteiger partial charge is 0.477 e. The minimum atomic E-state index is -1.09. The molecule has 1 unspecified atom stereocenters. The number of fused-ring (bicyclic) bond motifs is 4. The van der Waals surface area contributed by atoms with E-state index in [1.165, 1.54) is 18.2 Å². The van der Waals surface area contributed by atoms with Crippen molar-refractivity contribution in [2.45, 2.75) is 31.6 Å². The number of carboxylic acids is 1. The summed E-state index contributed by atoms with van der Waals surface area (Å²) in [4.78, 5) is 31.5. The summed E-state index contributed by atoms with van der Waals surface area (Å²) in [6.45, 7) is 0. The number of pyridine rings is 1. The van der Waals surface area contributed by atoms with Crippen molar-refractivity contribution in [3.8, 4) is 11.1 Å². The maximum Gasteiger partial charge on any atom is 0.350 e. The molecule has 5 nitrogen and oxygen atoms in total. The van der Waals surface area contributed by atoms with Crippen LogP contribution in [0.15, 0.2) is 41.5 Å². The van der Waals surface area contributed by atoms with Gasteiger partial charge in [0.15, 0.2) is 0 Å². The van der Waals surface area contributed by atoms with Crippen molar-refractivity contribution >= 4 is 23.7 Å². The molecule has 128 valence electrons. The first-order valence-electron chi connectivity index (χ1n) is 8.10. The van der Waals surface area contributed by atoms with Gasteiger partial charge in [-0.25, -0.2) is 14.2 Å². The van der Waals surface area contributed by atoms with Crippen LogP contribution in [-0.4, -0.2) is 28.1 Å². The van der Waals surface area contributed by atoms with Crippen LogP contribution in [0.1, 0.15) is 37.3 Å². The van der Waals surface area contributed by atoms with Crippen LogP contribution in [0.3, 0.4) is 0 Å². The molecule has 0 fully saturated rings. The van der Waals surface area contributed by atoms with E-state index in [0.29, 0.717) is 48.2 Å². The first kappa shape index (κ1) is 17.0. The molecule has 0 spiro atoms. The van der Waals surface area contributed by atoms with Crippen molar-refractivity contribution in [3.05, 3.63) is 48.0 Å². The fraction of sp³-hybridized carbons (Fsp3) is 0.263. The van der Waals surface area contributed by atoms with Crippen molar-refractivity contribution < 1.29 is 19.1 Å². The number of hydrogen-bond acceptors (Lipinski definition) is 4. The molecule has 0 saturated heterocycles. The third kappa shape index (κ3) is 3.79. The van der Waals surface area contributed by atoms with Gasteiger partial charge in [0.25, 0.3) is 0 Å². The molecule has 1 aliphatic rings. The third-order valence-electron chi connectivity index (χ3n) is 4.28. The monoisotopic (exact) mass is 340 g/mol. The average molecular weight is 340 g/mol. The third-order valence-corrected chi connectivity index (χ3v) is 4.28. The zero-order valence-electron chi connectivity index (χ0n) is 13.5. The summed E-state index contributed by atoms with van der Waals surface area (Å²) in [6, 6.07) is 7.49. The number of carbonyl (C=O) groups is 2. The molecular weight excluding hydrogens is 323 g/mol. The quantitative estimate of drug-likeness (QED) is 0.841. The predicted octanol–water partition coefficient (Wildman–Crippen LogP) is 3.90. The van der Waals surface area contributed by atoms with Gasteiger partial charge in [-0.2, -0.15) is 0 Å². The summed E-state index contributed by atoms with van der Waals surface area (Å²) in [5, 5.41) is 9.39. The van der Waals surface area contributed by atoms with Gasteiger partial charge < -0.3 is 9.90 Å². The molecule has 1 aromatic carbocycles. The van der Waals surface area contributed by atoms with Crippen molar-refractivity contribution in [1.82, 2.24) is 4.98 Å². The van der Waals surface area contributed by atoms with Gasteiger partial charge in [0.2, 0.25) is 0 Å². The highest BCUT2D eigenvalue weighted by molar-refractivity contribution is 6.36. The van der Waals surface area contributed by atoms with Crippen LogP contribution in [-0.2, 0) is 9.59 Å². The van der Waals surface area contributed by atoms with E-state index < -0.39 is 11.8 Å². The molecular formula is C19H17FN2O3. The number of aromatic nitrogens is 1. The number of hydrogen-bond donors (Lipinski definition) is 1. The van der Waals surface area contributed by atoms with Crippen LogP contribution in [0.25, 0.3) is 11.1 Å². The molecule has 25 heavy (non-hydrogen) atoms.